The zero-order valence-electron chi connectivity index (χ0n) is 9.62. The van der Waals surface area contributed by atoms with Crippen molar-refractivity contribution in [3.63, 3.8) is 0 Å². The number of hydrogen-bond acceptors (Lipinski definition) is 2. The first-order valence-electron chi connectivity index (χ1n) is 5.43. The van der Waals surface area contributed by atoms with Crippen LogP contribution in [0.5, 0.6) is 0 Å². The van der Waals surface area contributed by atoms with Gasteiger partial charge in [-0.05, 0) is 36.4 Å². The van der Waals surface area contributed by atoms with E-state index in [-0.39, 0.29) is 6.04 Å². The van der Waals surface area contributed by atoms with Gasteiger partial charge in [0.25, 0.3) is 0 Å². The Labute approximate surface area is 95.9 Å². The number of hydrogen-bond donors (Lipinski definition) is 3. The Hall–Kier alpha value is -1.74. The van der Waals surface area contributed by atoms with Gasteiger partial charge in [0, 0.05) is 25.1 Å². The molecule has 84 valence electrons. The number of anilines is 1. The molecule has 0 aliphatic heterocycles. The van der Waals surface area contributed by atoms with E-state index in [0.717, 1.165) is 5.69 Å². The van der Waals surface area contributed by atoms with E-state index < -0.39 is 0 Å². The average molecular weight is 215 g/mol. The van der Waals surface area contributed by atoms with E-state index in [0.29, 0.717) is 0 Å². The van der Waals surface area contributed by atoms with Gasteiger partial charge in [-0.2, -0.15) is 0 Å². The predicted molar refractivity (Wildman–Crippen MR) is 67.7 cm³/mol. The Bertz CT molecular complexity index is 417. The van der Waals surface area contributed by atoms with Crippen LogP contribution in [0.2, 0.25) is 0 Å². The topological polar surface area (TPSA) is 39.8 Å². The summed E-state index contributed by atoms with van der Waals surface area (Å²) >= 11 is 0. The molecular formula is C13H17N3. The monoisotopic (exact) mass is 215 g/mol. The van der Waals surface area contributed by atoms with Crippen LogP contribution in [0.4, 0.5) is 5.69 Å². The number of aromatic nitrogens is 1. The summed E-state index contributed by atoms with van der Waals surface area (Å²) in [7, 11) is 3.90. The highest BCUT2D eigenvalue weighted by Crippen LogP contribution is 2.22. The minimum absolute atomic E-state index is 0.247. The van der Waals surface area contributed by atoms with Crippen molar-refractivity contribution in [1.29, 1.82) is 0 Å². The third-order valence-electron chi connectivity index (χ3n) is 2.78. The van der Waals surface area contributed by atoms with Crippen LogP contribution >= 0.6 is 0 Å². The second-order valence-electron chi connectivity index (χ2n) is 3.74. The van der Waals surface area contributed by atoms with Crippen molar-refractivity contribution in [1.82, 2.24) is 10.3 Å². The van der Waals surface area contributed by atoms with Crippen LogP contribution in [0, 0.1) is 0 Å². The van der Waals surface area contributed by atoms with Crippen molar-refractivity contribution in [2.45, 2.75) is 6.04 Å². The lowest BCUT2D eigenvalue weighted by atomic mass is 10.0. The van der Waals surface area contributed by atoms with Crippen LogP contribution in [-0.4, -0.2) is 19.1 Å². The van der Waals surface area contributed by atoms with E-state index in [1.165, 1.54) is 11.1 Å². The molecule has 0 fully saturated rings. The van der Waals surface area contributed by atoms with Gasteiger partial charge in [-0.1, -0.05) is 12.1 Å². The quantitative estimate of drug-likeness (QED) is 0.732. The predicted octanol–water partition coefficient (Wildman–Crippen LogP) is 2.37. The molecule has 1 heterocycles. The van der Waals surface area contributed by atoms with E-state index in [1.54, 1.807) is 0 Å². The summed E-state index contributed by atoms with van der Waals surface area (Å²) in [5.74, 6) is 0. The second-order valence-corrected chi connectivity index (χ2v) is 3.74. The number of nitrogens with one attached hydrogen (secondary N) is 3. The lowest BCUT2D eigenvalue weighted by Gasteiger charge is -2.15. The molecule has 0 saturated heterocycles. The first-order valence-corrected chi connectivity index (χ1v) is 5.43. The van der Waals surface area contributed by atoms with Crippen molar-refractivity contribution in [3.8, 4) is 0 Å². The van der Waals surface area contributed by atoms with Gasteiger partial charge in [0.15, 0.2) is 0 Å². The summed E-state index contributed by atoms with van der Waals surface area (Å²) in [6, 6.07) is 10.8. The molecule has 1 unspecified atom stereocenters. The first-order chi connectivity index (χ1) is 7.85. The van der Waals surface area contributed by atoms with E-state index in [4.69, 9.17) is 0 Å². The van der Waals surface area contributed by atoms with E-state index in [1.807, 2.05) is 26.5 Å². The van der Waals surface area contributed by atoms with Crippen LogP contribution < -0.4 is 10.6 Å². The number of aromatic amines is 1. The van der Waals surface area contributed by atoms with Crippen molar-refractivity contribution in [3.05, 3.63) is 53.9 Å². The van der Waals surface area contributed by atoms with E-state index >= 15 is 0 Å². The molecule has 3 nitrogen and oxygen atoms in total. The highest BCUT2D eigenvalue weighted by molar-refractivity contribution is 5.45. The molecule has 2 rings (SSSR count). The summed E-state index contributed by atoms with van der Waals surface area (Å²) < 4.78 is 0. The fraction of sp³-hybridized carbons (Fsp3) is 0.231. The molecule has 3 heteroatoms. The largest absolute Gasteiger partial charge is 0.388 e. The van der Waals surface area contributed by atoms with Crippen LogP contribution in [0.1, 0.15) is 17.2 Å². The first kappa shape index (κ1) is 10.8. The van der Waals surface area contributed by atoms with Crippen molar-refractivity contribution in [2.24, 2.45) is 0 Å². The summed E-state index contributed by atoms with van der Waals surface area (Å²) in [6.07, 6.45) is 3.97. The summed E-state index contributed by atoms with van der Waals surface area (Å²) in [5.41, 5.74) is 3.65. The zero-order chi connectivity index (χ0) is 11.4. The fourth-order valence-corrected chi connectivity index (χ4v) is 1.88. The molecule has 0 saturated carbocycles. The van der Waals surface area contributed by atoms with Gasteiger partial charge in [0.05, 0.1) is 6.04 Å². The van der Waals surface area contributed by atoms with Crippen LogP contribution in [0.25, 0.3) is 0 Å². The molecule has 16 heavy (non-hydrogen) atoms. The van der Waals surface area contributed by atoms with Crippen molar-refractivity contribution < 1.29 is 0 Å². The molecule has 1 aromatic heterocycles. The van der Waals surface area contributed by atoms with Gasteiger partial charge in [-0.15, -0.1) is 0 Å². The highest BCUT2D eigenvalue weighted by atomic mass is 14.9. The Morgan fingerprint density at radius 2 is 1.75 bits per heavy atom. The van der Waals surface area contributed by atoms with Gasteiger partial charge in [0.2, 0.25) is 0 Å². The Morgan fingerprint density at radius 3 is 2.25 bits per heavy atom. The van der Waals surface area contributed by atoms with Crippen LogP contribution in [0.15, 0.2) is 42.7 Å². The van der Waals surface area contributed by atoms with Gasteiger partial charge in [-0.3, -0.25) is 0 Å². The molecule has 1 aromatic carbocycles. The van der Waals surface area contributed by atoms with Crippen LogP contribution in [-0.2, 0) is 0 Å². The molecule has 1 atom stereocenters. The fourth-order valence-electron chi connectivity index (χ4n) is 1.88. The maximum absolute atomic E-state index is 3.32. The normalized spacial score (nSPS) is 12.4. The molecule has 0 aliphatic rings. The Kier molecular flexibility index (Phi) is 3.27. The van der Waals surface area contributed by atoms with E-state index in [2.05, 4.69) is 45.9 Å². The molecule has 0 spiro atoms. The number of rotatable bonds is 4. The zero-order valence-corrected chi connectivity index (χ0v) is 9.62. The Balaban J connectivity index is 2.27. The molecular weight excluding hydrogens is 198 g/mol. The molecule has 2 aromatic rings. The maximum Gasteiger partial charge on any atom is 0.0589 e. The van der Waals surface area contributed by atoms with Crippen molar-refractivity contribution in [2.75, 3.05) is 19.4 Å². The van der Waals surface area contributed by atoms with Gasteiger partial charge < -0.3 is 15.6 Å². The van der Waals surface area contributed by atoms with Crippen molar-refractivity contribution >= 4 is 5.69 Å². The summed E-state index contributed by atoms with van der Waals surface area (Å²) in [6.45, 7) is 0. The molecule has 0 aliphatic carbocycles. The smallest absolute Gasteiger partial charge is 0.0589 e. The molecule has 3 N–H and O–H groups in total. The molecule has 0 bridgehead atoms. The molecule has 0 amide bonds. The lowest BCUT2D eigenvalue weighted by Crippen LogP contribution is -2.16. The standard InChI is InChI=1S/C13H17N3/c1-14-12-5-3-10(4-6-12)13(15-2)11-7-8-16-9-11/h3-9,13-16H,1-2H3. The minimum Gasteiger partial charge on any atom is -0.388 e. The highest BCUT2D eigenvalue weighted by Gasteiger charge is 2.11. The van der Waals surface area contributed by atoms with Gasteiger partial charge in [-0.25, -0.2) is 0 Å². The SMILES string of the molecule is CNc1ccc(C(NC)c2cc[nH]c2)cc1. The maximum atomic E-state index is 3.32. The average Bonchev–Trinajstić information content (AvgIpc) is 2.85. The number of benzene rings is 1. The van der Waals surface area contributed by atoms with E-state index in [9.17, 15) is 0 Å². The number of H-pyrrole nitrogens is 1. The third kappa shape index (κ3) is 2.09. The molecule has 0 radical (unpaired) electrons. The summed E-state index contributed by atoms with van der Waals surface area (Å²) in [4.78, 5) is 3.08. The van der Waals surface area contributed by atoms with Crippen LogP contribution in [0.3, 0.4) is 0 Å². The van der Waals surface area contributed by atoms with Gasteiger partial charge in [0.1, 0.15) is 0 Å². The van der Waals surface area contributed by atoms with Gasteiger partial charge >= 0.3 is 0 Å². The third-order valence-corrected chi connectivity index (χ3v) is 2.78. The Morgan fingerprint density at radius 1 is 1.00 bits per heavy atom. The minimum atomic E-state index is 0.247. The summed E-state index contributed by atoms with van der Waals surface area (Å²) in [5, 5.41) is 6.44. The lowest BCUT2D eigenvalue weighted by molar-refractivity contribution is 0.693. The second kappa shape index (κ2) is 4.86.